The third kappa shape index (κ3) is 8.16. The molecule has 1 aliphatic rings. The van der Waals surface area contributed by atoms with Crippen molar-refractivity contribution >= 4 is 22.9 Å². The molecule has 0 aromatic carbocycles. The number of likely N-dealkylation sites (tertiary alicyclic amines) is 1. The van der Waals surface area contributed by atoms with Crippen molar-refractivity contribution in [2.45, 2.75) is 53.1 Å². The van der Waals surface area contributed by atoms with Gasteiger partial charge in [0.15, 0.2) is 8.38 Å². The van der Waals surface area contributed by atoms with Crippen LogP contribution in [0.5, 0.6) is 0 Å². The van der Waals surface area contributed by atoms with E-state index in [-0.39, 0.29) is 14.5 Å². The van der Waals surface area contributed by atoms with Gasteiger partial charge in [-0.3, -0.25) is 0 Å². The van der Waals surface area contributed by atoms with Gasteiger partial charge in [0.25, 0.3) is 0 Å². The van der Waals surface area contributed by atoms with Gasteiger partial charge in [0.1, 0.15) is 5.60 Å². The van der Waals surface area contributed by atoms with E-state index in [9.17, 15) is 4.79 Å². The molecule has 22 heavy (non-hydrogen) atoms. The molecular weight excluding hydrogens is 300 g/mol. The zero-order valence-electron chi connectivity index (χ0n) is 14.4. The summed E-state index contributed by atoms with van der Waals surface area (Å²) in [4.78, 5) is 13.8. The zero-order chi connectivity index (χ0) is 15.9. The highest BCUT2D eigenvalue weighted by molar-refractivity contribution is 7.50. The van der Waals surface area contributed by atoms with Gasteiger partial charge in [0, 0.05) is 21.5 Å². The molecule has 0 N–H and O–H groups in total. The van der Waals surface area contributed by atoms with Gasteiger partial charge in [-0.1, -0.05) is 5.57 Å². The Kier molecular flexibility index (Phi) is 9.98. The highest BCUT2D eigenvalue weighted by Gasteiger charge is 2.25. The van der Waals surface area contributed by atoms with Crippen LogP contribution >= 0.6 is 8.38 Å². The SMILES string of the molecule is CCOP(C=C1CCN(C(=O)OC(C)(C)C)CC1)OCC.[B]. The van der Waals surface area contributed by atoms with Crippen LogP contribution in [0.2, 0.25) is 0 Å². The van der Waals surface area contributed by atoms with Crippen LogP contribution in [-0.2, 0) is 13.8 Å². The second kappa shape index (κ2) is 10.2. The van der Waals surface area contributed by atoms with Crippen molar-refractivity contribution in [1.29, 1.82) is 0 Å². The number of hydrogen-bond acceptors (Lipinski definition) is 4. The van der Waals surface area contributed by atoms with E-state index in [1.54, 1.807) is 4.90 Å². The average molecular weight is 328 g/mol. The summed E-state index contributed by atoms with van der Waals surface area (Å²) < 4.78 is 16.6. The number of nitrogens with zero attached hydrogens (tertiary/aromatic N) is 1. The number of carbonyl (C=O) groups excluding carboxylic acids is 1. The van der Waals surface area contributed by atoms with E-state index in [2.05, 4.69) is 5.82 Å². The smallest absolute Gasteiger partial charge is 0.410 e. The molecule has 0 atom stereocenters. The number of carbonyl (C=O) groups is 1. The Bertz CT molecular complexity index is 355. The van der Waals surface area contributed by atoms with Crippen LogP contribution in [0.1, 0.15) is 47.5 Å². The van der Waals surface area contributed by atoms with Crippen LogP contribution in [0.15, 0.2) is 11.4 Å². The largest absolute Gasteiger partial charge is 0.444 e. The first-order valence-electron chi connectivity index (χ1n) is 7.58. The molecule has 1 fully saturated rings. The second-order valence-corrected chi connectivity index (χ2v) is 7.22. The number of ether oxygens (including phenoxy) is 1. The third-order valence-electron chi connectivity index (χ3n) is 2.86. The lowest BCUT2D eigenvalue weighted by Gasteiger charge is -2.31. The third-order valence-corrected chi connectivity index (χ3v) is 4.46. The molecule has 1 amide bonds. The van der Waals surface area contributed by atoms with Gasteiger partial charge in [-0.05, 0) is 53.3 Å². The van der Waals surface area contributed by atoms with Gasteiger partial charge in [0.05, 0.1) is 13.2 Å². The standard InChI is InChI=1S/C15H28NO4P.B/c1-6-18-21(19-7-2)12-13-8-10-16(11-9-13)14(17)20-15(3,4)5;/h12H,6-11H2,1-5H3;. The van der Waals surface area contributed by atoms with Crippen LogP contribution in [0.4, 0.5) is 4.79 Å². The minimum atomic E-state index is -0.932. The fourth-order valence-corrected chi connectivity index (χ4v) is 3.24. The van der Waals surface area contributed by atoms with Crippen LogP contribution in [0, 0.1) is 0 Å². The topological polar surface area (TPSA) is 48.0 Å². The quantitative estimate of drug-likeness (QED) is 0.567. The molecule has 1 rings (SSSR count). The van der Waals surface area contributed by atoms with Crippen molar-refractivity contribution in [3.8, 4) is 0 Å². The fourth-order valence-electron chi connectivity index (χ4n) is 1.95. The summed E-state index contributed by atoms with van der Waals surface area (Å²) in [5.74, 6) is 2.11. The normalized spacial score (nSPS) is 15.5. The summed E-state index contributed by atoms with van der Waals surface area (Å²) in [7, 11) is -0.932. The number of hydrogen-bond donors (Lipinski definition) is 0. The summed E-state index contributed by atoms with van der Waals surface area (Å²) in [6, 6.07) is 0. The Labute approximate surface area is 137 Å². The van der Waals surface area contributed by atoms with E-state index in [0.717, 1.165) is 12.8 Å². The fraction of sp³-hybridized carbons (Fsp3) is 0.800. The molecule has 0 aromatic rings. The van der Waals surface area contributed by atoms with E-state index in [4.69, 9.17) is 13.8 Å². The molecule has 1 saturated heterocycles. The average Bonchev–Trinajstić information content (AvgIpc) is 2.38. The number of amides is 1. The first kappa shape index (κ1) is 21.4. The Morgan fingerprint density at radius 3 is 2.09 bits per heavy atom. The highest BCUT2D eigenvalue weighted by Crippen LogP contribution is 2.42. The Hall–Kier alpha value is -0.575. The van der Waals surface area contributed by atoms with E-state index in [1.165, 1.54) is 5.57 Å². The lowest BCUT2D eigenvalue weighted by molar-refractivity contribution is 0.0236. The van der Waals surface area contributed by atoms with Gasteiger partial charge in [0.2, 0.25) is 0 Å². The minimum absolute atomic E-state index is 0. The maximum Gasteiger partial charge on any atom is 0.410 e. The molecule has 0 spiro atoms. The Morgan fingerprint density at radius 1 is 1.18 bits per heavy atom. The van der Waals surface area contributed by atoms with Crippen molar-refractivity contribution in [3.05, 3.63) is 11.4 Å². The molecule has 0 aliphatic carbocycles. The first-order chi connectivity index (χ1) is 9.85. The summed E-state index contributed by atoms with van der Waals surface area (Å²) in [6.45, 7) is 12.3. The van der Waals surface area contributed by atoms with Crippen LogP contribution in [-0.4, -0.2) is 51.3 Å². The number of piperidine rings is 1. The minimum Gasteiger partial charge on any atom is -0.444 e. The molecular formula is C15H28BNO4P. The molecule has 1 heterocycles. The molecule has 3 radical (unpaired) electrons. The maximum absolute atomic E-state index is 12.0. The first-order valence-corrected chi connectivity index (χ1v) is 8.83. The zero-order valence-corrected chi connectivity index (χ0v) is 15.3. The summed E-state index contributed by atoms with van der Waals surface area (Å²) in [5.41, 5.74) is 0.869. The summed E-state index contributed by atoms with van der Waals surface area (Å²) in [5, 5.41) is 0. The second-order valence-electron chi connectivity index (χ2n) is 5.88. The predicted octanol–water partition coefficient (Wildman–Crippen LogP) is 3.91. The summed E-state index contributed by atoms with van der Waals surface area (Å²) >= 11 is 0. The lowest BCUT2D eigenvalue weighted by atomic mass is 10.1. The van der Waals surface area contributed by atoms with Gasteiger partial charge >= 0.3 is 6.09 Å². The van der Waals surface area contributed by atoms with E-state index < -0.39 is 14.0 Å². The van der Waals surface area contributed by atoms with E-state index >= 15 is 0 Å². The molecule has 0 unspecified atom stereocenters. The molecule has 1 aliphatic heterocycles. The van der Waals surface area contributed by atoms with Crippen molar-refractivity contribution in [3.63, 3.8) is 0 Å². The molecule has 0 saturated carbocycles. The van der Waals surface area contributed by atoms with Crippen LogP contribution in [0.3, 0.4) is 0 Å². The Balaban J connectivity index is 0.00000441. The Morgan fingerprint density at radius 2 is 1.68 bits per heavy atom. The lowest BCUT2D eigenvalue weighted by Crippen LogP contribution is -2.40. The van der Waals surface area contributed by atoms with Crippen molar-refractivity contribution < 1.29 is 18.6 Å². The number of rotatable bonds is 5. The monoisotopic (exact) mass is 328 g/mol. The molecule has 5 nitrogen and oxygen atoms in total. The predicted molar refractivity (Wildman–Crippen MR) is 91.1 cm³/mol. The highest BCUT2D eigenvalue weighted by atomic mass is 31.2. The van der Waals surface area contributed by atoms with E-state index in [1.807, 2.05) is 34.6 Å². The molecule has 0 bridgehead atoms. The molecule has 0 aromatic heterocycles. The van der Waals surface area contributed by atoms with Crippen LogP contribution < -0.4 is 0 Å². The van der Waals surface area contributed by atoms with Gasteiger partial charge in [-0.2, -0.15) is 0 Å². The van der Waals surface area contributed by atoms with Crippen molar-refractivity contribution in [1.82, 2.24) is 4.90 Å². The van der Waals surface area contributed by atoms with Crippen LogP contribution in [0.25, 0.3) is 0 Å². The van der Waals surface area contributed by atoms with E-state index in [0.29, 0.717) is 26.3 Å². The van der Waals surface area contributed by atoms with Gasteiger partial charge in [-0.15, -0.1) is 0 Å². The van der Waals surface area contributed by atoms with Crippen molar-refractivity contribution in [2.75, 3.05) is 26.3 Å². The van der Waals surface area contributed by atoms with Crippen molar-refractivity contribution in [2.24, 2.45) is 0 Å². The van der Waals surface area contributed by atoms with Gasteiger partial charge in [-0.25, -0.2) is 4.79 Å². The molecule has 125 valence electrons. The molecule has 7 heteroatoms. The summed E-state index contributed by atoms with van der Waals surface area (Å²) in [6.07, 6.45) is 1.50. The maximum atomic E-state index is 12.0. The van der Waals surface area contributed by atoms with Gasteiger partial charge < -0.3 is 18.7 Å².